The Balaban J connectivity index is 1.35. The molecule has 4 N–H and O–H groups in total. The third-order valence-corrected chi connectivity index (χ3v) is 4.63. The van der Waals surface area contributed by atoms with Crippen LogP contribution in [0.3, 0.4) is 0 Å². The van der Waals surface area contributed by atoms with Crippen LogP contribution in [0.2, 0.25) is 0 Å². The first kappa shape index (κ1) is 19.1. The number of nitrogens with zero attached hydrogens (tertiary/aromatic N) is 2. The van der Waals surface area contributed by atoms with Gasteiger partial charge in [-0.3, -0.25) is 4.79 Å². The van der Waals surface area contributed by atoms with Crippen molar-refractivity contribution < 1.29 is 9.59 Å². The molecule has 150 valence electrons. The number of aromatic amines is 1. The van der Waals surface area contributed by atoms with E-state index in [1.165, 1.54) is 0 Å². The molecule has 3 aromatic carbocycles. The Bertz CT molecular complexity index is 1170. The van der Waals surface area contributed by atoms with Gasteiger partial charge in [-0.2, -0.15) is 15.4 Å². The highest BCUT2D eigenvalue weighted by molar-refractivity contribution is 6.00. The van der Waals surface area contributed by atoms with Gasteiger partial charge >= 0.3 is 6.03 Å². The van der Waals surface area contributed by atoms with Gasteiger partial charge in [0.15, 0.2) is 0 Å². The van der Waals surface area contributed by atoms with Crippen LogP contribution < -0.4 is 16.0 Å². The van der Waals surface area contributed by atoms with E-state index in [9.17, 15) is 9.59 Å². The number of nitrogens with one attached hydrogen (secondary N) is 4. The minimum atomic E-state index is -0.321. The Morgan fingerprint density at radius 3 is 2.23 bits per heavy atom. The first-order valence-corrected chi connectivity index (χ1v) is 9.43. The molecule has 0 bridgehead atoms. The summed E-state index contributed by atoms with van der Waals surface area (Å²) in [5, 5.41) is 19.0. The third kappa shape index (κ3) is 4.44. The summed E-state index contributed by atoms with van der Waals surface area (Å²) >= 11 is 0. The van der Waals surface area contributed by atoms with Gasteiger partial charge < -0.3 is 16.0 Å². The normalized spacial score (nSPS) is 11.6. The van der Waals surface area contributed by atoms with Crippen molar-refractivity contribution >= 4 is 34.3 Å². The zero-order valence-electron chi connectivity index (χ0n) is 16.2. The minimum Gasteiger partial charge on any atom is -0.346 e. The summed E-state index contributed by atoms with van der Waals surface area (Å²) in [4.78, 5) is 24.6. The standard InChI is InChI=1S/C22H20N6O2/c1-14(23-21(29)16-9-12-19-20(13-16)27-28-26-19)15-7-10-18(11-8-15)25-22(30)24-17-5-3-2-4-6-17/h2-14H,1H3,(H,23,29)(H2,24,25,30)(H,26,27,28). The number of fused-ring (bicyclic) bond motifs is 1. The monoisotopic (exact) mass is 400 g/mol. The van der Waals surface area contributed by atoms with E-state index in [0.717, 1.165) is 5.56 Å². The molecule has 0 aliphatic carbocycles. The molecule has 0 radical (unpaired) electrons. The topological polar surface area (TPSA) is 112 Å². The maximum atomic E-state index is 12.5. The molecular formula is C22H20N6O2. The largest absolute Gasteiger partial charge is 0.346 e. The van der Waals surface area contributed by atoms with E-state index in [1.54, 1.807) is 30.3 Å². The van der Waals surface area contributed by atoms with E-state index in [-0.39, 0.29) is 18.0 Å². The molecule has 30 heavy (non-hydrogen) atoms. The number of hydrogen-bond donors (Lipinski definition) is 4. The number of carbonyl (C=O) groups is 2. The minimum absolute atomic E-state index is 0.197. The van der Waals surface area contributed by atoms with Crippen molar-refractivity contribution in [1.29, 1.82) is 0 Å². The summed E-state index contributed by atoms with van der Waals surface area (Å²) in [7, 11) is 0. The van der Waals surface area contributed by atoms with Crippen LogP contribution in [-0.2, 0) is 0 Å². The van der Waals surface area contributed by atoms with Gasteiger partial charge in [-0.15, -0.1) is 0 Å². The molecule has 1 aromatic heterocycles. The van der Waals surface area contributed by atoms with Crippen molar-refractivity contribution in [2.45, 2.75) is 13.0 Å². The van der Waals surface area contributed by atoms with Crippen molar-refractivity contribution in [2.24, 2.45) is 0 Å². The molecule has 0 spiro atoms. The van der Waals surface area contributed by atoms with E-state index >= 15 is 0 Å². The van der Waals surface area contributed by atoms with Gasteiger partial charge in [0.1, 0.15) is 11.0 Å². The summed E-state index contributed by atoms with van der Waals surface area (Å²) in [6, 6.07) is 21.2. The van der Waals surface area contributed by atoms with Crippen LogP contribution in [0.25, 0.3) is 11.0 Å². The molecule has 1 unspecified atom stereocenters. The lowest BCUT2D eigenvalue weighted by Crippen LogP contribution is -2.26. The number of rotatable bonds is 5. The van der Waals surface area contributed by atoms with Gasteiger partial charge in [0.05, 0.1) is 6.04 Å². The predicted molar refractivity (Wildman–Crippen MR) is 115 cm³/mol. The fourth-order valence-corrected chi connectivity index (χ4v) is 3.01. The molecule has 0 aliphatic heterocycles. The molecule has 1 atom stereocenters. The molecule has 0 saturated carbocycles. The van der Waals surface area contributed by atoms with Gasteiger partial charge in [0.25, 0.3) is 5.91 Å². The van der Waals surface area contributed by atoms with Crippen molar-refractivity contribution in [1.82, 2.24) is 20.7 Å². The van der Waals surface area contributed by atoms with Crippen molar-refractivity contribution in [3.05, 3.63) is 83.9 Å². The molecular weight excluding hydrogens is 380 g/mol. The summed E-state index contributed by atoms with van der Waals surface area (Å²) in [5.41, 5.74) is 4.14. The second-order valence-corrected chi connectivity index (χ2v) is 6.79. The van der Waals surface area contributed by atoms with Crippen LogP contribution >= 0.6 is 0 Å². The van der Waals surface area contributed by atoms with E-state index in [4.69, 9.17) is 0 Å². The van der Waals surface area contributed by atoms with E-state index in [2.05, 4.69) is 31.4 Å². The number of anilines is 2. The Morgan fingerprint density at radius 2 is 1.50 bits per heavy atom. The number of benzene rings is 3. The smallest absolute Gasteiger partial charge is 0.323 e. The highest BCUT2D eigenvalue weighted by atomic mass is 16.2. The highest BCUT2D eigenvalue weighted by Gasteiger charge is 2.13. The number of hydrogen-bond acceptors (Lipinski definition) is 4. The van der Waals surface area contributed by atoms with E-state index in [0.29, 0.717) is 28.0 Å². The molecule has 0 saturated heterocycles. The molecule has 1 heterocycles. The maximum absolute atomic E-state index is 12.5. The Labute approximate surface area is 172 Å². The Hall–Kier alpha value is -4.20. The number of carbonyl (C=O) groups excluding carboxylic acids is 2. The molecule has 4 rings (SSSR count). The van der Waals surface area contributed by atoms with Crippen molar-refractivity contribution in [3.8, 4) is 0 Å². The van der Waals surface area contributed by atoms with Crippen LogP contribution in [0.15, 0.2) is 72.8 Å². The third-order valence-electron chi connectivity index (χ3n) is 4.63. The second-order valence-electron chi connectivity index (χ2n) is 6.79. The van der Waals surface area contributed by atoms with E-state index in [1.807, 2.05) is 49.4 Å². The number of amides is 3. The number of para-hydroxylation sites is 1. The van der Waals surface area contributed by atoms with Crippen molar-refractivity contribution in [3.63, 3.8) is 0 Å². The van der Waals surface area contributed by atoms with Gasteiger partial charge in [0, 0.05) is 16.9 Å². The van der Waals surface area contributed by atoms with Crippen LogP contribution in [0.5, 0.6) is 0 Å². The van der Waals surface area contributed by atoms with Gasteiger partial charge in [-0.25, -0.2) is 4.79 Å². The molecule has 0 aliphatic rings. The van der Waals surface area contributed by atoms with Crippen LogP contribution in [0.4, 0.5) is 16.2 Å². The average Bonchev–Trinajstić information content (AvgIpc) is 3.22. The van der Waals surface area contributed by atoms with Crippen molar-refractivity contribution in [2.75, 3.05) is 10.6 Å². The van der Waals surface area contributed by atoms with Crippen LogP contribution in [0, 0.1) is 0 Å². The molecule has 0 fully saturated rings. The van der Waals surface area contributed by atoms with E-state index < -0.39 is 0 Å². The highest BCUT2D eigenvalue weighted by Crippen LogP contribution is 2.18. The lowest BCUT2D eigenvalue weighted by Gasteiger charge is -2.15. The maximum Gasteiger partial charge on any atom is 0.323 e. The molecule has 8 heteroatoms. The summed E-state index contributed by atoms with van der Waals surface area (Å²) in [6.45, 7) is 1.90. The number of urea groups is 1. The fourth-order valence-electron chi connectivity index (χ4n) is 3.01. The summed E-state index contributed by atoms with van der Waals surface area (Å²) in [6.07, 6.45) is 0. The molecule has 4 aromatic rings. The zero-order chi connectivity index (χ0) is 20.9. The summed E-state index contributed by atoms with van der Waals surface area (Å²) < 4.78 is 0. The fraction of sp³-hybridized carbons (Fsp3) is 0.0909. The summed E-state index contributed by atoms with van der Waals surface area (Å²) in [5.74, 6) is -0.197. The second kappa shape index (κ2) is 8.44. The average molecular weight is 400 g/mol. The van der Waals surface area contributed by atoms with Crippen LogP contribution in [-0.4, -0.2) is 27.3 Å². The van der Waals surface area contributed by atoms with Crippen LogP contribution in [0.1, 0.15) is 28.9 Å². The van der Waals surface area contributed by atoms with Gasteiger partial charge in [0.2, 0.25) is 0 Å². The Morgan fingerprint density at radius 1 is 0.833 bits per heavy atom. The molecule has 3 amide bonds. The SMILES string of the molecule is CC(NC(=O)c1ccc2n[nH]nc2c1)c1ccc(NC(=O)Nc2ccccc2)cc1. The first-order valence-electron chi connectivity index (χ1n) is 9.43. The van der Waals surface area contributed by atoms with Gasteiger partial charge in [-0.05, 0) is 55.0 Å². The predicted octanol–water partition coefficient (Wildman–Crippen LogP) is 4.09. The lowest BCUT2D eigenvalue weighted by atomic mass is 10.1. The Kier molecular flexibility index (Phi) is 5.38. The first-order chi connectivity index (χ1) is 14.6. The quantitative estimate of drug-likeness (QED) is 0.404. The lowest BCUT2D eigenvalue weighted by molar-refractivity contribution is 0.0940. The number of aromatic nitrogens is 3. The van der Waals surface area contributed by atoms with Gasteiger partial charge in [-0.1, -0.05) is 30.3 Å². The number of H-pyrrole nitrogens is 1. The molecule has 8 nitrogen and oxygen atoms in total. The zero-order valence-corrected chi connectivity index (χ0v) is 16.2.